The predicted octanol–water partition coefficient (Wildman–Crippen LogP) is 8.93. The van der Waals surface area contributed by atoms with Gasteiger partial charge in [-0.05, 0) is 109 Å². The Labute approximate surface area is 336 Å². The van der Waals surface area contributed by atoms with Crippen LogP contribution in [0, 0.1) is 23.6 Å². The minimum absolute atomic E-state index is 0.000261. The molecule has 2 heterocycles. The molecule has 1 N–H and O–H groups in total. The number of carbonyl (C=O) groups is 4. The van der Waals surface area contributed by atoms with E-state index in [1.807, 2.05) is 49.3 Å². The standard InChI is InChI=1S/C44H34Cl2FN5O5/c1-50(2)27-15-9-25(10-16-27)48-49-26-11-17-28(18-12-26)51-39(54)34-20-19-33-35(37(34)40(51)55)23-43(45)41(56)52(29-13-7-24(47)8-14-29)42(57)44(43,46)38(33)32-21-22-36(53)31-6-4-3-5-30(31)32/h3-19,21-22,34-35,37-38,53H,20,23H2,1-2H3. The number of halogens is 3. The van der Waals surface area contributed by atoms with Gasteiger partial charge in [-0.25, -0.2) is 9.29 Å². The third-order valence-corrected chi connectivity index (χ3v) is 13.3. The average molecular weight is 803 g/mol. The van der Waals surface area contributed by atoms with Crippen LogP contribution in [0.2, 0.25) is 0 Å². The minimum atomic E-state index is -2.11. The molecule has 57 heavy (non-hydrogen) atoms. The van der Waals surface area contributed by atoms with Crippen molar-refractivity contribution in [2.45, 2.75) is 28.5 Å². The van der Waals surface area contributed by atoms with E-state index >= 15 is 0 Å². The number of phenols is 1. The zero-order valence-electron chi connectivity index (χ0n) is 30.6. The number of hydrogen-bond donors (Lipinski definition) is 1. The third kappa shape index (κ3) is 5.43. The Bertz CT molecular complexity index is 2580. The number of nitrogens with zero attached hydrogens (tertiary/aromatic N) is 5. The second-order valence-electron chi connectivity index (χ2n) is 15.1. The van der Waals surface area contributed by atoms with Crippen molar-refractivity contribution in [1.29, 1.82) is 0 Å². The summed E-state index contributed by atoms with van der Waals surface area (Å²) >= 11 is 15.1. The second-order valence-corrected chi connectivity index (χ2v) is 16.4. The van der Waals surface area contributed by atoms with Crippen LogP contribution in [0.3, 0.4) is 0 Å². The summed E-state index contributed by atoms with van der Waals surface area (Å²) < 4.78 is 14.0. The van der Waals surface area contributed by atoms with E-state index in [0.29, 0.717) is 39.0 Å². The Balaban J connectivity index is 1.10. The van der Waals surface area contributed by atoms with Gasteiger partial charge in [-0.3, -0.25) is 24.1 Å². The summed E-state index contributed by atoms with van der Waals surface area (Å²) in [7, 11) is 3.90. The largest absolute Gasteiger partial charge is 0.507 e. The monoisotopic (exact) mass is 801 g/mol. The molecular formula is C44H34Cl2FN5O5. The first-order chi connectivity index (χ1) is 27.3. The molecule has 0 spiro atoms. The molecule has 5 aromatic carbocycles. The number of allylic oxidation sites excluding steroid dienone is 2. The van der Waals surface area contributed by atoms with Gasteiger partial charge in [-0.1, -0.05) is 42.0 Å². The number of hydrogen-bond acceptors (Lipinski definition) is 8. The van der Waals surface area contributed by atoms with Crippen molar-refractivity contribution >= 4 is 86.0 Å². The van der Waals surface area contributed by atoms with Crippen molar-refractivity contribution in [3.63, 3.8) is 0 Å². The summed E-state index contributed by atoms with van der Waals surface area (Å²) in [5.74, 6) is -6.55. The number of anilines is 3. The average Bonchev–Trinajstić information content (AvgIpc) is 3.55. The topological polar surface area (TPSA) is 123 Å². The highest BCUT2D eigenvalue weighted by Crippen LogP contribution is 2.66. The number of azo groups is 1. The van der Waals surface area contributed by atoms with Gasteiger partial charge >= 0.3 is 0 Å². The van der Waals surface area contributed by atoms with E-state index in [1.165, 1.54) is 23.1 Å². The minimum Gasteiger partial charge on any atom is -0.507 e. The lowest BCUT2D eigenvalue weighted by molar-refractivity contribution is -0.125. The van der Waals surface area contributed by atoms with E-state index in [-0.39, 0.29) is 24.3 Å². The van der Waals surface area contributed by atoms with Crippen LogP contribution in [0.1, 0.15) is 24.3 Å². The number of aromatic hydroxyl groups is 1. The van der Waals surface area contributed by atoms with Crippen molar-refractivity contribution < 1.29 is 28.7 Å². The van der Waals surface area contributed by atoms with Gasteiger partial charge in [-0.15, -0.1) is 23.2 Å². The van der Waals surface area contributed by atoms with Gasteiger partial charge in [0.1, 0.15) is 11.6 Å². The normalized spacial score (nSPS) is 26.9. The van der Waals surface area contributed by atoms with Crippen LogP contribution >= 0.6 is 23.2 Å². The van der Waals surface area contributed by atoms with Crippen LogP contribution in [-0.2, 0) is 19.2 Å². The number of amides is 4. The molecule has 286 valence electrons. The van der Waals surface area contributed by atoms with Gasteiger partial charge < -0.3 is 10.0 Å². The van der Waals surface area contributed by atoms with Crippen molar-refractivity contribution in [3.05, 3.63) is 132 Å². The Morgan fingerprint density at radius 1 is 0.719 bits per heavy atom. The molecular weight excluding hydrogens is 768 g/mol. The number of rotatable bonds is 6. The van der Waals surface area contributed by atoms with Crippen LogP contribution in [0.4, 0.5) is 32.8 Å². The first-order valence-corrected chi connectivity index (χ1v) is 19.2. The molecule has 2 aliphatic carbocycles. The molecule has 9 rings (SSSR count). The molecule has 4 aliphatic rings. The van der Waals surface area contributed by atoms with E-state index < -0.39 is 62.9 Å². The van der Waals surface area contributed by atoms with Crippen LogP contribution in [0.5, 0.6) is 5.75 Å². The summed E-state index contributed by atoms with van der Waals surface area (Å²) in [5, 5.41) is 20.6. The summed E-state index contributed by atoms with van der Waals surface area (Å²) in [4.78, 5) is 58.1. The molecule has 0 bridgehead atoms. The number of fused-ring (bicyclic) bond motifs is 5. The maximum atomic E-state index is 14.8. The molecule has 1 saturated carbocycles. The summed E-state index contributed by atoms with van der Waals surface area (Å²) in [5.41, 5.74) is 3.78. The Kier molecular flexibility index (Phi) is 8.60. The van der Waals surface area contributed by atoms with E-state index in [9.17, 15) is 28.7 Å². The molecule has 6 atom stereocenters. The molecule has 3 fully saturated rings. The SMILES string of the molecule is CN(C)c1ccc(N=Nc2ccc(N3C(=O)C4CC=C5C(CC6(Cl)C(=O)N(c7ccc(F)cc7)C(=O)C6(Cl)C5c5ccc(O)c6ccccc56)C4C3=O)cc2)cc1. The lowest BCUT2D eigenvalue weighted by atomic mass is 9.56. The Morgan fingerprint density at radius 2 is 1.32 bits per heavy atom. The molecule has 2 saturated heterocycles. The second kappa shape index (κ2) is 13.3. The highest BCUT2D eigenvalue weighted by molar-refractivity contribution is 6.58. The third-order valence-electron chi connectivity index (χ3n) is 11.9. The van der Waals surface area contributed by atoms with Crippen LogP contribution in [0.25, 0.3) is 10.8 Å². The number of phenolic OH excluding ortho intramolecular Hbond substituents is 1. The van der Waals surface area contributed by atoms with Crippen molar-refractivity contribution in [3.8, 4) is 5.75 Å². The molecule has 4 amide bonds. The zero-order valence-corrected chi connectivity index (χ0v) is 32.2. The highest BCUT2D eigenvalue weighted by atomic mass is 35.5. The van der Waals surface area contributed by atoms with Crippen LogP contribution in [0.15, 0.2) is 131 Å². The molecule has 2 aliphatic heterocycles. The first-order valence-electron chi connectivity index (χ1n) is 18.4. The summed E-state index contributed by atoms with van der Waals surface area (Å²) in [6.45, 7) is 0. The fraction of sp³-hybridized carbons (Fsp3) is 0.227. The van der Waals surface area contributed by atoms with E-state index in [1.54, 1.807) is 54.6 Å². The smallest absolute Gasteiger partial charge is 0.258 e. The van der Waals surface area contributed by atoms with Crippen LogP contribution in [-0.4, -0.2) is 52.6 Å². The van der Waals surface area contributed by atoms with Gasteiger partial charge in [0.25, 0.3) is 11.8 Å². The Morgan fingerprint density at radius 3 is 1.96 bits per heavy atom. The predicted molar refractivity (Wildman–Crippen MR) is 216 cm³/mol. The summed E-state index contributed by atoms with van der Waals surface area (Å²) in [6.07, 6.45) is 1.82. The summed E-state index contributed by atoms with van der Waals surface area (Å²) in [6, 6.07) is 29.3. The lowest BCUT2D eigenvalue weighted by Crippen LogP contribution is -2.60. The number of imide groups is 2. The van der Waals surface area contributed by atoms with Gasteiger partial charge in [-0.2, -0.15) is 10.2 Å². The quantitative estimate of drug-likeness (QED) is 0.0792. The van der Waals surface area contributed by atoms with Crippen LogP contribution < -0.4 is 14.7 Å². The maximum absolute atomic E-state index is 14.8. The molecule has 6 unspecified atom stereocenters. The van der Waals surface area contributed by atoms with E-state index in [4.69, 9.17) is 23.2 Å². The Hall–Kier alpha value is -5.91. The number of carbonyl (C=O) groups excluding carboxylic acids is 4. The molecule has 10 nitrogen and oxygen atoms in total. The highest BCUT2D eigenvalue weighted by Gasteiger charge is 2.76. The fourth-order valence-electron chi connectivity index (χ4n) is 9.16. The van der Waals surface area contributed by atoms with Crippen molar-refractivity contribution in [2.24, 2.45) is 28.0 Å². The van der Waals surface area contributed by atoms with Gasteiger partial charge in [0.15, 0.2) is 9.75 Å². The molecule has 0 aromatic heterocycles. The zero-order chi connectivity index (χ0) is 40.0. The van der Waals surface area contributed by atoms with E-state index in [2.05, 4.69) is 10.2 Å². The number of alkyl halides is 2. The molecule has 5 aromatic rings. The van der Waals surface area contributed by atoms with Crippen molar-refractivity contribution in [1.82, 2.24) is 0 Å². The molecule has 0 radical (unpaired) electrons. The maximum Gasteiger partial charge on any atom is 0.258 e. The molecule has 13 heteroatoms. The fourth-order valence-corrected chi connectivity index (χ4v) is 10.1. The van der Waals surface area contributed by atoms with Gasteiger partial charge in [0, 0.05) is 31.1 Å². The van der Waals surface area contributed by atoms with Crippen molar-refractivity contribution in [2.75, 3.05) is 28.8 Å². The lowest BCUT2D eigenvalue weighted by Gasteiger charge is -2.51. The number of benzene rings is 5. The van der Waals surface area contributed by atoms with Gasteiger partial charge in [0.05, 0.1) is 34.6 Å². The first kappa shape index (κ1) is 36.7. The van der Waals surface area contributed by atoms with E-state index in [0.717, 1.165) is 22.7 Å². The van der Waals surface area contributed by atoms with Gasteiger partial charge in [0.2, 0.25) is 11.8 Å².